The van der Waals surface area contributed by atoms with Crippen LogP contribution in [0.3, 0.4) is 0 Å². The molecule has 23 heavy (non-hydrogen) atoms. The lowest BCUT2D eigenvalue weighted by Gasteiger charge is -2.27. The molecule has 1 unspecified atom stereocenters. The van der Waals surface area contributed by atoms with E-state index in [2.05, 4.69) is 16.7 Å². The van der Waals surface area contributed by atoms with Crippen molar-refractivity contribution < 1.29 is 0 Å². The Morgan fingerprint density at radius 2 is 2.04 bits per heavy atom. The van der Waals surface area contributed by atoms with Crippen LogP contribution in [-0.2, 0) is 0 Å². The Labute approximate surface area is 155 Å². The fraction of sp³-hybridized carbons (Fsp3) is 0.235. The maximum Gasteiger partial charge on any atom is 0.171 e. The summed E-state index contributed by atoms with van der Waals surface area (Å²) in [7, 11) is 0. The first kappa shape index (κ1) is 16.9. The van der Waals surface area contributed by atoms with Crippen LogP contribution in [0.25, 0.3) is 0 Å². The van der Waals surface area contributed by atoms with Gasteiger partial charge in [0.2, 0.25) is 0 Å². The van der Waals surface area contributed by atoms with Crippen LogP contribution < -0.4 is 10.6 Å². The van der Waals surface area contributed by atoms with Gasteiger partial charge in [0.1, 0.15) is 0 Å². The van der Waals surface area contributed by atoms with E-state index in [1.165, 1.54) is 10.5 Å². The predicted octanol–water partition coefficient (Wildman–Crippen LogP) is 5.83. The molecule has 2 aromatic rings. The number of hydrogen-bond acceptors (Lipinski definition) is 2. The van der Waals surface area contributed by atoms with Crippen LogP contribution in [0.1, 0.15) is 23.6 Å². The zero-order valence-electron chi connectivity index (χ0n) is 12.5. The van der Waals surface area contributed by atoms with Crippen molar-refractivity contribution >= 4 is 58.0 Å². The van der Waals surface area contributed by atoms with Gasteiger partial charge in [-0.15, -0.1) is 11.8 Å². The van der Waals surface area contributed by atoms with Crippen LogP contribution in [0, 0.1) is 6.92 Å². The molecule has 3 rings (SSSR count). The molecular weight excluding hydrogens is 367 g/mol. The highest BCUT2D eigenvalue weighted by Gasteiger charge is 2.21. The molecule has 1 aliphatic rings. The molecule has 2 aromatic carbocycles. The summed E-state index contributed by atoms with van der Waals surface area (Å²) in [4.78, 5) is 1.26. The van der Waals surface area contributed by atoms with Crippen molar-refractivity contribution in [1.82, 2.24) is 5.32 Å². The molecule has 1 aliphatic heterocycles. The maximum atomic E-state index is 6.25. The molecule has 0 spiro atoms. The van der Waals surface area contributed by atoms with Crippen molar-refractivity contribution in [3.63, 3.8) is 0 Å². The van der Waals surface area contributed by atoms with Gasteiger partial charge in [-0.3, -0.25) is 0 Å². The Morgan fingerprint density at radius 1 is 1.22 bits per heavy atom. The standard InChI is InChI=1S/C17H16Cl2N2S2/c1-10-2-4-15(13(19)8-10)21-17(22)20-14-6-7-23-16-5-3-11(18)9-12(14)16/h2-5,8-9,14H,6-7H2,1H3,(H2,20,21,22). The molecule has 6 heteroatoms. The summed E-state index contributed by atoms with van der Waals surface area (Å²) >= 11 is 19.7. The van der Waals surface area contributed by atoms with E-state index in [9.17, 15) is 0 Å². The Hall–Kier alpha value is -0.940. The topological polar surface area (TPSA) is 24.1 Å². The van der Waals surface area contributed by atoms with E-state index in [0.717, 1.165) is 28.4 Å². The largest absolute Gasteiger partial charge is 0.356 e. The van der Waals surface area contributed by atoms with Gasteiger partial charge in [-0.25, -0.2) is 0 Å². The average molecular weight is 383 g/mol. The van der Waals surface area contributed by atoms with Crippen LogP contribution in [-0.4, -0.2) is 10.9 Å². The highest BCUT2D eigenvalue weighted by Crippen LogP contribution is 2.37. The zero-order chi connectivity index (χ0) is 16.4. The van der Waals surface area contributed by atoms with E-state index >= 15 is 0 Å². The van der Waals surface area contributed by atoms with Gasteiger partial charge in [0.25, 0.3) is 0 Å². The van der Waals surface area contributed by atoms with Crippen molar-refractivity contribution in [3.8, 4) is 0 Å². The second kappa shape index (κ2) is 7.31. The highest BCUT2D eigenvalue weighted by atomic mass is 35.5. The van der Waals surface area contributed by atoms with Gasteiger partial charge >= 0.3 is 0 Å². The van der Waals surface area contributed by atoms with Crippen molar-refractivity contribution in [2.45, 2.75) is 24.3 Å². The molecule has 120 valence electrons. The summed E-state index contributed by atoms with van der Waals surface area (Å²) in [6.45, 7) is 2.01. The molecular formula is C17H16Cl2N2S2. The molecule has 0 saturated carbocycles. The van der Waals surface area contributed by atoms with Crippen molar-refractivity contribution in [2.24, 2.45) is 0 Å². The lowest BCUT2D eigenvalue weighted by Crippen LogP contribution is -2.34. The van der Waals surface area contributed by atoms with Crippen molar-refractivity contribution in [1.29, 1.82) is 0 Å². The van der Waals surface area contributed by atoms with E-state index in [0.29, 0.717) is 10.1 Å². The molecule has 0 aromatic heterocycles. The van der Waals surface area contributed by atoms with Crippen LogP contribution in [0.4, 0.5) is 5.69 Å². The van der Waals surface area contributed by atoms with E-state index in [-0.39, 0.29) is 6.04 Å². The van der Waals surface area contributed by atoms with Gasteiger partial charge in [-0.2, -0.15) is 0 Å². The number of thiocarbonyl (C=S) groups is 1. The number of rotatable bonds is 2. The summed E-state index contributed by atoms with van der Waals surface area (Å²) in [6, 6.07) is 12.0. The lowest BCUT2D eigenvalue weighted by atomic mass is 10.0. The van der Waals surface area contributed by atoms with Gasteiger partial charge in [0.15, 0.2) is 5.11 Å². The molecule has 0 aliphatic carbocycles. The average Bonchev–Trinajstić information content (AvgIpc) is 2.51. The minimum Gasteiger partial charge on any atom is -0.356 e. The number of fused-ring (bicyclic) bond motifs is 1. The minimum absolute atomic E-state index is 0.161. The number of halogens is 2. The first-order valence-electron chi connectivity index (χ1n) is 7.29. The summed E-state index contributed by atoms with van der Waals surface area (Å²) in [5.74, 6) is 1.06. The first-order valence-corrected chi connectivity index (χ1v) is 9.44. The summed E-state index contributed by atoms with van der Waals surface area (Å²) in [5, 5.41) is 8.54. The molecule has 0 radical (unpaired) electrons. The normalized spacial score (nSPS) is 16.6. The zero-order valence-corrected chi connectivity index (χ0v) is 15.7. The minimum atomic E-state index is 0.161. The van der Waals surface area contributed by atoms with E-state index in [4.69, 9.17) is 35.4 Å². The summed E-state index contributed by atoms with van der Waals surface area (Å²) in [5.41, 5.74) is 3.13. The second-order valence-corrected chi connectivity index (χ2v) is 7.84. The third-order valence-corrected chi connectivity index (χ3v) is 5.58. The van der Waals surface area contributed by atoms with Gasteiger partial charge in [-0.1, -0.05) is 29.3 Å². The number of anilines is 1. The Kier molecular flexibility index (Phi) is 5.37. The fourth-order valence-corrected chi connectivity index (χ4v) is 4.37. The Morgan fingerprint density at radius 3 is 2.83 bits per heavy atom. The van der Waals surface area contributed by atoms with Gasteiger partial charge < -0.3 is 10.6 Å². The predicted molar refractivity (Wildman–Crippen MR) is 105 cm³/mol. The molecule has 0 fully saturated rings. The lowest BCUT2D eigenvalue weighted by molar-refractivity contribution is 0.614. The molecule has 0 amide bonds. The quantitative estimate of drug-likeness (QED) is 0.638. The molecule has 2 N–H and O–H groups in total. The third kappa shape index (κ3) is 4.13. The van der Waals surface area contributed by atoms with E-state index in [1.807, 2.05) is 49.0 Å². The van der Waals surface area contributed by atoms with Crippen molar-refractivity contribution in [3.05, 3.63) is 57.6 Å². The third-order valence-electron chi connectivity index (χ3n) is 3.69. The van der Waals surface area contributed by atoms with Crippen LogP contribution in [0.5, 0.6) is 0 Å². The first-order chi connectivity index (χ1) is 11.0. The number of thioether (sulfide) groups is 1. The van der Waals surface area contributed by atoms with Crippen molar-refractivity contribution in [2.75, 3.05) is 11.1 Å². The van der Waals surface area contributed by atoms with E-state index < -0.39 is 0 Å². The second-order valence-electron chi connectivity index (χ2n) is 5.45. The highest BCUT2D eigenvalue weighted by molar-refractivity contribution is 7.99. The number of benzene rings is 2. The van der Waals surface area contributed by atoms with Gasteiger partial charge in [0.05, 0.1) is 16.8 Å². The number of hydrogen-bond donors (Lipinski definition) is 2. The van der Waals surface area contributed by atoms with Gasteiger partial charge in [-0.05, 0) is 67.0 Å². The molecule has 0 saturated heterocycles. The molecule has 1 atom stereocenters. The van der Waals surface area contributed by atoms with Gasteiger partial charge in [0, 0.05) is 15.7 Å². The Bertz CT molecular complexity index is 749. The maximum absolute atomic E-state index is 6.25. The SMILES string of the molecule is Cc1ccc(NC(=S)NC2CCSc3ccc(Cl)cc32)c(Cl)c1. The summed E-state index contributed by atoms with van der Waals surface area (Å²) < 4.78 is 0. The molecule has 2 nitrogen and oxygen atoms in total. The monoisotopic (exact) mass is 382 g/mol. The number of nitrogens with one attached hydrogen (secondary N) is 2. The molecule has 1 heterocycles. The number of aryl methyl sites for hydroxylation is 1. The Balaban J connectivity index is 1.73. The van der Waals surface area contributed by atoms with E-state index in [1.54, 1.807) is 0 Å². The van der Waals surface area contributed by atoms with Crippen LogP contribution in [0.15, 0.2) is 41.3 Å². The molecule has 0 bridgehead atoms. The summed E-state index contributed by atoms with van der Waals surface area (Å²) in [6.07, 6.45) is 1.00. The smallest absolute Gasteiger partial charge is 0.171 e. The van der Waals surface area contributed by atoms with Crippen LogP contribution in [0.2, 0.25) is 10.0 Å². The fourth-order valence-electron chi connectivity index (χ4n) is 2.55. The van der Waals surface area contributed by atoms with Crippen LogP contribution >= 0.6 is 47.2 Å².